The van der Waals surface area contributed by atoms with E-state index in [9.17, 15) is 9.59 Å². The van der Waals surface area contributed by atoms with Gasteiger partial charge in [0, 0.05) is 12.3 Å². The highest BCUT2D eigenvalue weighted by Gasteiger charge is 2.46. The first-order chi connectivity index (χ1) is 18.0. The molecule has 3 heterocycles. The molecule has 4 aromatic rings. The molecule has 7 nitrogen and oxygen atoms in total. The van der Waals surface area contributed by atoms with Crippen molar-refractivity contribution in [2.45, 2.75) is 38.6 Å². The van der Waals surface area contributed by atoms with Crippen LogP contribution in [0.4, 0.5) is 0 Å². The summed E-state index contributed by atoms with van der Waals surface area (Å²) in [6, 6.07) is 18.5. The molecule has 2 aliphatic carbocycles. The Balaban J connectivity index is 1.28. The number of fused-ring (bicyclic) bond motifs is 2. The fourth-order valence-electron chi connectivity index (χ4n) is 6.06. The predicted molar refractivity (Wildman–Crippen MR) is 142 cm³/mol. The minimum absolute atomic E-state index is 0.00534. The molecule has 1 unspecified atom stereocenters. The molecular weight excluding hydrogens is 462 g/mol. The number of hydrogen-bond donors (Lipinski definition) is 2. The van der Waals surface area contributed by atoms with Crippen molar-refractivity contribution >= 4 is 12.0 Å². The monoisotopic (exact) mass is 491 g/mol. The van der Waals surface area contributed by atoms with Gasteiger partial charge >= 0.3 is 0 Å². The van der Waals surface area contributed by atoms with Gasteiger partial charge in [-0.2, -0.15) is 5.10 Å². The van der Waals surface area contributed by atoms with Gasteiger partial charge in [0.2, 0.25) is 5.56 Å². The summed E-state index contributed by atoms with van der Waals surface area (Å²) in [6.07, 6.45) is 11.7. The normalized spacial score (nSPS) is 21.0. The summed E-state index contributed by atoms with van der Waals surface area (Å²) in [4.78, 5) is 31.8. The van der Waals surface area contributed by atoms with E-state index < -0.39 is 0 Å². The molecule has 0 aliphatic heterocycles. The zero-order chi connectivity index (χ0) is 25.4. The fraction of sp³-hybridized carbons (Fsp3) is 0.267. The molecule has 0 spiro atoms. The van der Waals surface area contributed by atoms with Gasteiger partial charge in [-0.25, -0.2) is 4.68 Å². The van der Waals surface area contributed by atoms with Crippen molar-refractivity contribution in [3.63, 3.8) is 0 Å². The number of aromatic nitrogens is 4. The maximum atomic E-state index is 13.1. The lowest BCUT2D eigenvalue weighted by atomic mass is 9.68. The molecule has 7 heteroatoms. The topological polar surface area (TPSA) is 92.7 Å². The largest absolute Gasteiger partial charge is 0.344 e. The second-order valence-electron chi connectivity index (χ2n) is 10.3. The van der Waals surface area contributed by atoms with Crippen LogP contribution in [0.5, 0.6) is 0 Å². The maximum Gasteiger partial charge on any atom is 0.268 e. The van der Waals surface area contributed by atoms with E-state index >= 15 is 0 Å². The highest BCUT2D eigenvalue weighted by Crippen LogP contribution is 2.55. The highest BCUT2D eigenvalue weighted by molar-refractivity contribution is 5.92. The van der Waals surface area contributed by atoms with Gasteiger partial charge in [-0.3, -0.25) is 14.6 Å². The molecule has 6 rings (SSSR count). The summed E-state index contributed by atoms with van der Waals surface area (Å²) in [7, 11) is 0. The van der Waals surface area contributed by atoms with Gasteiger partial charge in [0.15, 0.2) is 0 Å². The molecule has 0 saturated heterocycles. The molecule has 1 saturated carbocycles. The molecule has 3 atom stereocenters. The SMILES string of the molecule is C[C@]12Cc3cnn(-c4cccnc4)c3C=C1CC[C@@H]2CC(NC(=O)c1cccc(=O)[nH]1)c1ccccc1. The minimum atomic E-state index is -0.285. The first-order valence-electron chi connectivity index (χ1n) is 12.7. The Kier molecular flexibility index (Phi) is 5.83. The summed E-state index contributed by atoms with van der Waals surface area (Å²) in [5.74, 6) is 0.114. The van der Waals surface area contributed by atoms with Crippen molar-refractivity contribution in [3.05, 3.63) is 118 Å². The summed E-state index contributed by atoms with van der Waals surface area (Å²) < 4.78 is 1.98. The Hall–Kier alpha value is -4.26. The Morgan fingerprint density at radius 1 is 1.14 bits per heavy atom. The molecule has 0 bridgehead atoms. The van der Waals surface area contributed by atoms with E-state index in [1.165, 1.54) is 17.2 Å². The number of benzene rings is 1. The Bertz CT molecular complexity index is 1520. The zero-order valence-corrected chi connectivity index (χ0v) is 20.7. The van der Waals surface area contributed by atoms with Gasteiger partial charge in [0.1, 0.15) is 5.69 Å². The van der Waals surface area contributed by atoms with Crippen LogP contribution in [0.25, 0.3) is 11.8 Å². The lowest BCUT2D eigenvalue weighted by Crippen LogP contribution is -2.35. The Labute approximate surface area is 215 Å². The second-order valence-corrected chi connectivity index (χ2v) is 10.3. The first kappa shape index (κ1) is 23.2. The van der Waals surface area contributed by atoms with Gasteiger partial charge in [-0.1, -0.05) is 48.9 Å². The van der Waals surface area contributed by atoms with Crippen LogP contribution in [-0.2, 0) is 6.42 Å². The number of allylic oxidation sites excluding steroid dienone is 1. The molecule has 1 amide bonds. The van der Waals surface area contributed by atoms with Crippen LogP contribution in [-0.4, -0.2) is 25.7 Å². The van der Waals surface area contributed by atoms with Crippen LogP contribution in [0.15, 0.2) is 89.6 Å². The van der Waals surface area contributed by atoms with E-state index in [0.29, 0.717) is 5.92 Å². The molecule has 1 aromatic carbocycles. The maximum absolute atomic E-state index is 13.1. The van der Waals surface area contributed by atoms with Crippen LogP contribution < -0.4 is 10.9 Å². The third-order valence-electron chi connectivity index (χ3n) is 8.08. The van der Waals surface area contributed by atoms with E-state index in [4.69, 9.17) is 0 Å². The zero-order valence-electron chi connectivity index (χ0n) is 20.7. The number of rotatable bonds is 6. The average molecular weight is 492 g/mol. The predicted octanol–water partition coefficient (Wildman–Crippen LogP) is 4.87. The lowest BCUT2D eigenvalue weighted by Gasteiger charge is -2.37. The van der Waals surface area contributed by atoms with Gasteiger partial charge < -0.3 is 10.3 Å². The standard InChI is InChI=1S/C30H29N5O2/c1-30-17-21-18-32-35(24-9-6-14-31-19-24)27(21)16-23(30)13-12-22(30)15-26(20-7-3-2-4-8-20)34-29(37)25-10-5-11-28(36)33-25/h2-11,14,16,18-19,22,26H,12-13,15,17H2,1H3,(H,33,36)(H,34,37)/t22-,26?,30-/m1/s1. The number of hydrogen-bond acceptors (Lipinski definition) is 4. The summed E-state index contributed by atoms with van der Waals surface area (Å²) in [6.45, 7) is 2.36. The minimum Gasteiger partial charge on any atom is -0.344 e. The van der Waals surface area contributed by atoms with Crippen LogP contribution >= 0.6 is 0 Å². The van der Waals surface area contributed by atoms with Crippen molar-refractivity contribution in [3.8, 4) is 5.69 Å². The van der Waals surface area contributed by atoms with Crippen LogP contribution in [0.2, 0.25) is 0 Å². The summed E-state index contributed by atoms with van der Waals surface area (Å²) in [5.41, 5.74) is 5.84. The van der Waals surface area contributed by atoms with Gasteiger partial charge in [-0.15, -0.1) is 0 Å². The lowest BCUT2D eigenvalue weighted by molar-refractivity contribution is 0.0918. The number of carbonyl (C=O) groups is 1. The number of pyridine rings is 2. The molecular formula is C30H29N5O2. The van der Waals surface area contributed by atoms with Crippen molar-refractivity contribution in [2.24, 2.45) is 11.3 Å². The van der Waals surface area contributed by atoms with Crippen LogP contribution in [0.3, 0.4) is 0 Å². The van der Waals surface area contributed by atoms with Crippen molar-refractivity contribution in [2.75, 3.05) is 0 Å². The Morgan fingerprint density at radius 3 is 2.78 bits per heavy atom. The molecule has 1 fully saturated rings. The second kappa shape index (κ2) is 9.32. The number of H-pyrrole nitrogens is 1. The Morgan fingerprint density at radius 2 is 2.00 bits per heavy atom. The van der Waals surface area contributed by atoms with Crippen molar-refractivity contribution in [1.82, 2.24) is 25.1 Å². The number of nitrogens with zero attached hydrogens (tertiary/aromatic N) is 3. The number of carbonyl (C=O) groups excluding carboxylic acids is 1. The molecule has 37 heavy (non-hydrogen) atoms. The molecule has 186 valence electrons. The third kappa shape index (κ3) is 4.31. The van der Waals surface area contributed by atoms with Gasteiger partial charge in [0.05, 0.1) is 29.8 Å². The molecule has 2 aliphatic rings. The van der Waals surface area contributed by atoms with Crippen LogP contribution in [0.1, 0.15) is 59.5 Å². The smallest absolute Gasteiger partial charge is 0.268 e. The molecule has 0 radical (unpaired) electrons. The number of nitrogens with one attached hydrogen (secondary N) is 2. The van der Waals surface area contributed by atoms with Crippen molar-refractivity contribution in [1.29, 1.82) is 0 Å². The third-order valence-corrected chi connectivity index (χ3v) is 8.08. The van der Waals surface area contributed by atoms with Gasteiger partial charge in [0.25, 0.3) is 5.91 Å². The number of aromatic amines is 1. The van der Waals surface area contributed by atoms with E-state index in [2.05, 4.69) is 45.5 Å². The molecule has 2 N–H and O–H groups in total. The van der Waals surface area contributed by atoms with E-state index in [1.807, 2.05) is 47.4 Å². The van der Waals surface area contributed by atoms with Crippen molar-refractivity contribution < 1.29 is 4.79 Å². The van der Waals surface area contributed by atoms with E-state index in [-0.39, 0.29) is 28.6 Å². The van der Waals surface area contributed by atoms with E-state index in [1.54, 1.807) is 18.3 Å². The average Bonchev–Trinajstić information content (AvgIpc) is 3.47. The fourth-order valence-corrected chi connectivity index (χ4v) is 6.06. The molecule has 3 aromatic heterocycles. The summed E-state index contributed by atoms with van der Waals surface area (Å²) >= 11 is 0. The van der Waals surface area contributed by atoms with Crippen LogP contribution in [0, 0.1) is 11.3 Å². The quantitative estimate of drug-likeness (QED) is 0.402. The summed E-state index contributed by atoms with van der Waals surface area (Å²) in [5, 5.41) is 7.90. The van der Waals surface area contributed by atoms with Gasteiger partial charge in [-0.05, 0) is 72.4 Å². The first-order valence-corrected chi connectivity index (χ1v) is 12.7. The highest BCUT2D eigenvalue weighted by atomic mass is 16.2. The van der Waals surface area contributed by atoms with E-state index in [0.717, 1.165) is 42.6 Å². The number of amides is 1.